The second-order valence-electron chi connectivity index (χ2n) is 5.66. The minimum atomic E-state index is 0.597. The number of rotatable bonds is 4. The molecule has 0 amide bonds. The fourth-order valence-corrected chi connectivity index (χ4v) is 3.37. The van der Waals surface area contributed by atoms with E-state index >= 15 is 0 Å². The first-order valence-corrected chi connectivity index (χ1v) is 7.55. The van der Waals surface area contributed by atoms with Crippen molar-refractivity contribution in [3.63, 3.8) is 0 Å². The lowest BCUT2D eigenvalue weighted by molar-refractivity contribution is 0.418. The fourth-order valence-electron chi connectivity index (χ4n) is 2.96. The summed E-state index contributed by atoms with van der Waals surface area (Å²) in [7, 11) is 0. The van der Waals surface area contributed by atoms with Crippen LogP contribution in [0, 0.1) is 11.8 Å². The highest BCUT2D eigenvalue weighted by Gasteiger charge is 2.29. The van der Waals surface area contributed by atoms with Crippen molar-refractivity contribution in [1.82, 2.24) is 5.32 Å². The molecule has 2 aliphatic rings. The topological polar surface area (TPSA) is 12.0 Å². The molecule has 17 heavy (non-hydrogen) atoms. The van der Waals surface area contributed by atoms with E-state index < -0.39 is 0 Å². The van der Waals surface area contributed by atoms with Gasteiger partial charge in [-0.05, 0) is 67.3 Å². The predicted octanol–water partition coefficient (Wildman–Crippen LogP) is 4.07. The van der Waals surface area contributed by atoms with Crippen LogP contribution in [0.1, 0.15) is 43.4 Å². The first kappa shape index (κ1) is 11.7. The number of fused-ring (bicyclic) bond motifs is 1. The Labute approximate surface area is 112 Å². The van der Waals surface area contributed by atoms with Gasteiger partial charge in [0.15, 0.2) is 0 Å². The molecule has 1 N–H and O–H groups in total. The third kappa shape index (κ3) is 2.58. The summed E-state index contributed by atoms with van der Waals surface area (Å²) >= 11 is 3.55. The van der Waals surface area contributed by atoms with E-state index in [9.17, 15) is 0 Å². The van der Waals surface area contributed by atoms with Gasteiger partial charge in [-0.15, -0.1) is 0 Å². The second-order valence-corrected chi connectivity index (χ2v) is 6.57. The lowest BCUT2D eigenvalue weighted by Crippen LogP contribution is -2.25. The van der Waals surface area contributed by atoms with Gasteiger partial charge >= 0.3 is 0 Å². The molecule has 2 heteroatoms. The van der Waals surface area contributed by atoms with Gasteiger partial charge in [0.2, 0.25) is 0 Å². The van der Waals surface area contributed by atoms with Gasteiger partial charge in [0, 0.05) is 10.5 Å². The minimum absolute atomic E-state index is 0.597. The maximum atomic E-state index is 3.76. The monoisotopic (exact) mass is 293 g/mol. The standard InChI is InChI=1S/C15H20BrN/c1-10(11-2-3-11)9-17-15-7-4-12-8-13(16)5-6-14(12)15/h5-6,8,10-11,15,17H,2-4,7,9H2,1H3. The van der Waals surface area contributed by atoms with Crippen molar-refractivity contribution in [3.05, 3.63) is 33.8 Å². The zero-order valence-corrected chi connectivity index (χ0v) is 12.0. The van der Waals surface area contributed by atoms with E-state index in [4.69, 9.17) is 0 Å². The van der Waals surface area contributed by atoms with Crippen molar-refractivity contribution in [3.8, 4) is 0 Å². The molecule has 1 saturated carbocycles. The van der Waals surface area contributed by atoms with Gasteiger partial charge in [-0.2, -0.15) is 0 Å². The number of halogens is 1. The Hall–Kier alpha value is -0.340. The minimum Gasteiger partial charge on any atom is -0.310 e. The van der Waals surface area contributed by atoms with Crippen molar-refractivity contribution in [2.45, 2.75) is 38.6 Å². The summed E-state index contributed by atoms with van der Waals surface area (Å²) in [5.41, 5.74) is 3.05. The lowest BCUT2D eigenvalue weighted by Gasteiger charge is -2.17. The van der Waals surface area contributed by atoms with Gasteiger partial charge in [0.1, 0.15) is 0 Å². The average molecular weight is 294 g/mol. The SMILES string of the molecule is CC(CNC1CCc2cc(Br)ccc21)C1CC1. The zero-order chi connectivity index (χ0) is 11.8. The molecule has 0 aromatic heterocycles. The van der Waals surface area contributed by atoms with E-state index in [2.05, 4.69) is 46.4 Å². The molecule has 2 atom stereocenters. The Morgan fingerprint density at radius 2 is 2.18 bits per heavy atom. The quantitative estimate of drug-likeness (QED) is 0.882. The van der Waals surface area contributed by atoms with E-state index in [1.807, 2.05) is 0 Å². The van der Waals surface area contributed by atoms with Gasteiger partial charge in [0.25, 0.3) is 0 Å². The van der Waals surface area contributed by atoms with Gasteiger partial charge < -0.3 is 5.32 Å². The predicted molar refractivity (Wildman–Crippen MR) is 75.1 cm³/mol. The normalized spacial score (nSPS) is 24.7. The Morgan fingerprint density at radius 3 is 2.94 bits per heavy atom. The van der Waals surface area contributed by atoms with Gasteiger partial charge in [-0.25, -0.2) is 0 Å². The van der Waals surface area contributed by atoms with E-state index in [1.165, 1.54) is 47.8 Å². The molecule has 2 aliphatic carbocycles. The smallest absolute Gasteiger partial charge is 0.0326 e. The highest BCUT2D eigenvalue weighted by Crippen LogP contribution is 2.37. The van der Waals surface area contributed by atoms with Gasteiger partial charge in [-0.3, -0.25) is 0 Å². The maximum absolute atomic E-state index is 3.76. The lowest BCUT2D eigenvalue weighted by atomic mass is 10.0. The van der Waals surface area contributed by atoms with E-state index in [0.717, 1.165) is 11.8 Å². The number of hydrogen-bond acceptors (Lipinski definition) is 1. The van der Waals surface area contributed by atoms with Gasteiger partial charge in [-0.1, -0.05) is 28.9 Å². The number of nitrogens with one attached hydrogen (secondary N) is 1. The molecule has 1 aromatic carbocycles. The molecular formula is C15H20BrN. The summed E-state index contributed by atoms with van der Waals surface area (Å²) < 4.78 is 1.21. The summed E-state index contributed by atoms with van der Waals surface area (Å²) in [6.45, 7) is 3.58. The van der Waals surface area contributed by atoms with Crippen LogP contribution in [0.5, 0.6) is 0 Å². The van der Waals surface area contributed by atoms with Crippen LogP contribution in [-0.2, 0) is 6.42 Å². The summed E-state index contributed by atoms with van der Waals surface area (Å²) in [6, 6.07) is 7.33. The molecule has 0 bridgehead atoms. The first-order valence-electron chi connectivity index (χ1n) is 6.76. The number of benzene rings is 1. The molecule has 0 saturated heterocycles. The molecule has 2 unspecified atom stereocenters. The summed E-state index contributed by atoms with van der Waals surface area (Å²) in [4.78, 5) is 0. The highest BCUT2D eigenvalue weighted by molar-refractivity contribution is 9.10. The van der Waals surface area contributed by atoms with Crippen LogP contribution in [0.3, 0.4) is 0 Å². The third-order valence-electron chi connectivity index (χ3n) is 4.30. The molecule has 1 nitrogen and oxygen atoms in total. The number of hydrogen-bond donors (Lipinski definition) is 1. The van der Waals surface area contributed by atoms with Crippen LogP contribution >= 0.6 is 15.9 Å². The summed E-state index contributed by atoms with van der Waals surface area (Å²) in [5.74, 6) is 1.86. The van der Waals surface area contributed by atoms with Crippen molar-refractivity contribution < 1.29 is 0 Å². The van der Waals surface area contributed by atoms with Crippen molar-refractivity contribution in [2.24, 2.45) is 11.8 Å². The third-order valence-corrected chi connectivity index (χ3v) is 4.79. The van der Waals surface area contributed by atoms with Crippen molar-refractivity contribution in [1.29, 1.82) is 0 Å². The maximum Gasteiger partial charge on any atom is 0.0326 e. The molecule has 92 valence electrons. The van der Waals surface area contributed by atoms with Crippen molar-refractivity contribution in [2.75, 3.05) is 6.54 Å². The van der Waals surface area contributed by atoms with E-state index in [0.29, 0.717) is 6.04 Å². The molecule has 0 spiro atoms. The van der Waals surface area contributed by atoms with E-state index in [1.54, 1.807) is 0 Å². The molecule has 0 radical (unpaired) electrons. The zero-order valence-electron chi connectivity index (χ0n) is 10.4. The van der Waals surface area contributed by atoms with E-state index in [-0.39, 0.29) is 0 Å². The van der Waals surface area contributed by atoms with Crippen LogP contribution in [0.25, 0.3) is 0 Å². The van der Waals surface area contributed by atoms with Crippen LogP contribution < -0.4 is 5.32 Å². The van der Waals surface area contributed by atoms with Crippen LogP contribution in [0.4, 0.5) is 0 Å². The van der Waals surface area contributed by atoms with Crippen LogP contribution in [-0.4, -0.2) is 6.54 Å². The molecule has 1 aromatic rings. The average Bonchev–Trinajstić information content (AvgIpc) is 3.08. The van der Waals surface area contributed by atoms with Crippen LogP contribution in [0.2, 0.25) is 0 Å². The van der Waals surface area contributed by atoms with Crippen LogP contribution in [0.15, 0.2) is 22.7 Å². The molecule has 0 heterocycles. The Kier molecular flexibility index (Phi) is 3.27. The first-order chi connectivity index (χ1) is 8.24. The number of aryl methyl sites for hydroxylation is 1. The Balaban J connectivity index is 1.62. The second kappa shape index (κ2) is 4.74. The molecule has 3 rings (SSSR count). The summed E-state index contributed by atoms with van der Waals surface area (Å²) in [5, 5.41) is 3.76. The molecule has 0 aliphatic heterocycles. The highest BCUT2D eigenvalue weighted by atomic mass is 79.9. The Morgan fingerprint density at radius 1 is 1.35 bits per heavy atom. The van der Waals surface area contributed by atoms with Crippen molar-refractivity contribution >= 4 is 15.9 Å². The Bertz CT molecular complexity index is 411. The molecule has 1 fully saturated rings. The summed E-state index contributed by atoms with van der Waals surface area (Å²) in [6.07, 6.45) is 5.40. The largest absolute Gasteiger partial charge is 0.310 e. The van der Waals surface area contributed by atoms with Gasteiger partial charge in [0.05, 0.1) is 0 Å². The molecular weight excluding hydrogens is 274 g/mol. The fraction of sp³-hybridized carbons (Fsp3) is 0.600.